The highest BCUT2D eigenvalue weighted by molar-refractivity contribution is 7.13. The van der Waals surface area contributed by atoms with E-state index in [-0.39, 0.29) is 11.3 Å². The fraction of sp³-hybridized carbons (Fsp3) is 0.0500. The van der Waals surface area contributed by atoms with Crippen LogP contribution in [-0.4, -0.2) is 16.8 Å². The van der Waals surface area contributed by atoms with Crippen LogP contribution in [0, 0.1) is 6.92 Å². The molecule has 0 unspecified atom stereocenters. The summed E-state index contributed by atoms with van der Waals surface area (Å²) in [5, 5.41) is 2.71. The number of aromatic nitrogens is 1. The predicted molar refractivity (Wildman–Crippen MR) is 106 cm³/mol. The van der Waals surface area contributed by atoms with Crippen molar-refractivity contribution in [1.82, 2.24) is 15.8 Å². The van der Waals surface area contributed by atoms with Crippen molar-refractivity contribution >= 4 is 34.1 Å². The highest BCUT2D eigenvalue weighted by atomic mass is 32.1. The van der Waals surface area contributed by atoms with Crippen LogP contribution in [0.15, 0.2) is 63.1 Å². The number of furan rings is 1. The first-order chi connectivity index (χ1) is 13.5. The van der Waals surface area contributed by atoms with Gasteiger partial charge in [0.2, 0.25) is 0 Å². The number of aromatic amines is 1. The van der Waals surface area contributed by atoms with Crippen molar-refractivity contribution in [2.75, 3.05) is 0 Å². The average molecular weight is 393 g/mol. The van der Waals surface area contributed by atoms with E-state index in [9.17, 15) is 14.4 Å². The van der Waals surface area contributed by atoms with Gasteiger partial charge in [-0.25, -0.2) is 0 Å². The Hall–Kier alpha value is -3.65. The van der Waals surface area contributed by atoms with Gasteiger partial charge in [-0.05, 0) is 36.6 Å². The highest BCUT2D eigenvalue weighted by Crippen LogP contribution is 2.24. The third kappa shape index (κ3) is 3.21. The normalized spacial score (nSPS) is 10.8. The lowest BCUT2D eigenvalue weighted by atomic mass is 10.1. The summed E-state index contributed by atoms with van der Waals surface area (Å²) < 4.78 is 5.55. The molecule has 0 bridgehead atoms. The summed E-state index contributed by atoms with van der Waals surface area (Å²) in [6.07, 6.45) is 0. The van der Waals surface area contributed by atoms with E-state index in [4.69, 9.17) is 4.42 Å². The largest absolute Gasteiger partial charge is 0.451 e. The molecule has 3 aromatic heterocycles. The summed E-state index contributed by atoms with van der Waals surface area (Å²) in [7, 11) is 0. The quantitative estimate of drug-likeness (QED) is 0.465. The number of carbonyl (C=O) groups is 2. The lowest BCUT2D eigenvalue weighted by Gasteiger charge is -2.06. The molecule has 0 spiro atoms. The Bertz CT molecular complexity index is 1240. The van der Waals surface area contributed by atoms with Gasteiger partial charge >= 0.3 is 5.91 Å². The molecule has 3 N–H and O–H groups in total. The maximum atomic E-state index is 12.4. The second-order valence-electron chi connectivity index (χ2n) is 6.05. The summed E-state index contributed by atoms with van der Waals surface area (Å²) in [4.78, 5) is 40.4. The Balaban J connectivity index is 1.49. The number of aryl methyl sites for hydroxylation is 1. The van der Waals surface area contributed by atoms with Crippen LogP contribution in [0.3, 0.4) is 0 Å². The zero-order valence-electron chi connectivity index (χ0n) is 14.7. The van der Waals surface area contributed by atoms with Crippen molar-refractivity contribution in [2.45, 2.75) is 6.92 Å². The van der Waals surface area contributed by atoms with E-state index >= 15 is 0 Å². The van der Waals surface area contributed by atoms with Crippen molar-refractivity contribution in [3.63, 3.8) is 0 Å². The third-order valence-electron chi connectivity index (χ3n) is 4.28. The van der Waals surface area contributed by atoms with Crippen LogP contribution in [0.4, 0.5) is 0 Å². The first-order valence-corrected chi connectivity index (χ1v) is 9.28. The van der Waals surface area contributed by atoms with Crippen LogP contribution in [0.1, 0.15) is 26.5 Å². The first-order valence-electron chi connectivity index (χ1n) is 8.40. The maximum Gasteiger partial charge on any atom is 0.305 e. The van der Waals surface area contributed by atoms with Crippen molar-refractivity contribution in [2.24, 2.45) is 0 Å². The van der Waals surface area contributed by atoms with Gasteiger partial charge in [-0.1, -0.05) is 24.3 Å². The van der Waals surface area contributed by atoms with E-state index < -0.39 is 17.4 Å². The molecule has 140 valence electrons. The molecule has 0 aliphatic heterocycles. The molecule has 0 saturated carbocycles. The number of H-pyrrole nitrogens is 1. The number of carbonyl (C=O) groups excluding carboxylic acids is 2. The average Bonchev–Trinajstić information content (AvgIpc) is 3.35. The molecule has 7 nitrogen and oxygen atoms in total. The van der Waals surface area contributed by atoms with E-state index in [0.29, 0.717) is 16.8 Å². The number of rotatable bonds is 3. The molecule has 0 fully saturated rings. The molecule has 3 heterocycles. The standard InChI is InChI=1S/C20H15N3O4S/c1-11-12-5-2-3-6-15(12)27-17(11)20(26)23-22-19(25)13-8-9-14(21-18(13)24)16-7-4-10-28-16/h2-10H,1H3,(H,21,24)(H,22,25)(H,23,26). The monoisotopic (exact) mass is 393 g/mol. The summed E-state index contributed by atoms with van der Waals surface area (Å²) in [5.41, 5.74) is 5.75. The Morgan fingerprint density at radius 2 is 1.79 bits per heavy atom. The Labute approximate surface area is 163 Å². The van der Waals surface area contributed by atoms with Crippen LogP contribution in [0.25, 0.3) is 21.5 Å². The van der Waals surface area contributed by atoms with Gasteiger partial charge in [0.15, 0.2) is 5.76 Å². The topological polar surface area (TPSA) is 104 Å². The molecule has 8 heteroatoms. The number of hydrogen-bond donors (Lipinski definition) is 3. The van der Waals surface area contributed by atoms with Gasteiger partial charge in [0.25, 0.3) is 11.5 Å². The molecule has 2 amide bonds. The first kappa shape index (κ1) is 17.7. The lowest BCUT2D eigenvalue weighted by molar-refractivity contribution is 0.0831. The van der Waals surface area contributed by atoms with Gasteiger partial charge in [-0.2, -0.15) is 0 Å². The van der Waals surface area contributed by atoms with Crippen molar-refractivity contribution in [1.29, 1.82) is 0 Å². The molecular formula is C20H15N3O4S. The maximum absolute atomic E-state index is 12.4. The van der Waals surface area contributed by atoms with Gasteiger partial charge in [0.1, 0.15) is 11.1 Å². The Morgan fingerprint density at radius 1 is 1.00 bits per heavy atom. The van der Waals surface area contributed by atoms with Gasteiger partial charge in [-0.15, -0.1) is 11.3 Å². The third-order valence-corrected chi connectivity index (χ3v) is 5.18. The fourth-order valence-corrected chi connectivity index (χ4v) is 3.56. The van der Waals surface area contributed by atoms with E-state index in [1.54, 1.807) is 25.1 Å². The van der Waals surface area contributed by atoms with Gasteiger partial charge < -0.3 is 9.40 Å². The second-order valence-corrected chi connectivity index (χ2v) is 7.00. The summed E-state index contributed by atoms with van der Waals surface area (Å²) >= 11 is 1.48. The number of nitrogens with one attached hydrogen (secondary N) is 3. The zero-order chi connectivity index (χ0) is 19.7. The summed E-state index contributed by atoms with van der Waals surface area (Å²) in [6.45, 7) is 1.76. The van der Waals surface area contributed by atoms with Crippen molar-refractivity contribution < 1.29 is 14.0 Å². The van der Waals surface area contributed by atoms with Crippen molar-refractivity contribution in [3.05, 3.63) is 81.2 Å². The number of hydrazine groups is 1. The smallest absolute Gasteiger partial charge is 0.305 e. The SMILES string of the molecule is Cc1c(C(=O)NNC(=O)c2ccc(-c3cccs3)[nH]c2=O)oc2ccccc12. The molecule has 0 radical (unpaired) electrons. The van der Waals surface area contributed by atoms with E-state index in [0.717, 1.165) is 10.3 Å². The molecule has 4 aromatic rings. The molecule has 0 aliphatic carbocycles. The fourth-order valence-electron chi connectivity index (χ4n) is 2.86. The molecule has 0 atom stereocenters. The number of hydrogen-bond acceptors (Lipinski definition) is 5. The van der Waals surface area contributed by atoms with Crippen LogP contribution in [0.2, 0.25) is 0 Å². The van der Waals surface area contributed by atoms with Crippen molar-refractivity contribution in [3.8, 4) is 10.6 Å². The van der Waals surface area contributed by atoms with Crippen LogP contribution >= 0.6 is 11.3 Å². The molecule has 1 aromatic carbocycles. The summed E-state index contributed by atoms with van der Waals surface area (Å²) in [6, 6.07) is 14.1. The van der Waals surface area contributed by atoms with Crippen LogP contribution in [0.5, 0.6) is 0 Å². The molecule has 0 saturated heterocycles. The predicted octanol–water partition coefficient (Wildman–Crippen LogP) is 3.23. The van der Waals surface area contributed by atoms with Gasteiger partial charge in [0.05, 0.1) is 10.6 Å². The number of pyridine rings is 1. The Morgan fingerprint density at radius 3 is 2.50 bits per heavy atom. The molecule has 0 aliphatic rings. The lowest BCUT2D eigenvalue weighted by Crippen LogP contribution is -2.43. The van der Waals surface area contributed by atoms with E-state index in [1.807, 2.05) is 29.6 Å². The molecule has 4 rings (SSSR count). The van der Waals surface area contributed by atoms with Crippen LogP contribution < -0.4 is 16.4 Å². The number of fused-ring (bicyclic) bond motifs is 1. The molecular weight excluding hydrogens is 378 g/mol. The summed E-state index contributed by atoms with van der Waals surface area (Å²) in [5.74, 6) is -1.22. The second kappa shape index (κ2) is 7.16. The molecule has 28 heavy (non-hydrogen) atoms. The highest BCUT2D eigenvalue weighted by Gasteiger charge is 2.19. The number of benzene rings is 1. The van der Waals surface area contributed by atoms with E-state index in [2.05, 4.69) is 15.8 Å². The number of thiophene rings is 1. The minimum atomic E-state index is -0.721. The van der Waals surface area contributed by atoms with E-state index in [1.165, 1.54) is 17.4 Å². The zero-order valence-corrected chi connectivity index (χ0v) is 15.6. The van der Waals surface area contributed by atoms with Gasteiger partial charge in [-0.3, -0.25) is 25.2 Å². The van der Waals surface area contributed by atoms with Crippen LogP contribution in [-0.2, 0) is 0 Å². The number of para-hydroxylation sites is 1. The Kier molecular flexibility index (Phi) is 4.54. The van der Waals surface area contributed by atoms with Gasteiger partial charge in [0, 0.05) is 10.9 Å². The number of amides is 2. The minimum Gasteiger partial charge on any atom is -0.451 e. The minimum absolute atomic E-state index is 0.100.